The quantitative estimate of drug-likeness (QED) is 0.611. The van der Waals surface area contributed by atoms with Crippen LogP contribution in [0.25, 0.3) is 0 Å². The van der Waals surface area contributed by atoms with Crippen molar-refractivity contribution in [1.29, 1.82) is 0 Å². The molecule has 0 amide bonds. The minimum Gasteiger partial charge on any atom is -0.508 e. The van der Waals surface area contributed by atoms with E-state index in [0.717, 1.165) is 0 Å². The lowest BCUT2D eigenvalue weighted by Crippen LogP contribution is -2.35. The van der Waals surface area contributed by atoms with Gasteiger partial charge in [-0.15, -0.1) is 0 Å². The van der Waals surface area contributed by atoms with Crippen LogP contribution in [0.1, 0.15) is 6.92 Å². The van der Waals surface area contributed by atoms with Gasteiger partial charge in [-0.25, -0.2) is 0 Å². The Kier molecular flexibility index (Phi) is 2.82. The van der Waals surface area contributed by atoms with Crippen molar-refractivity contribution in [1.82, 2.24) is 0 Å². The Balaban J connectivity index is 2.25. The van der Waals surface area contributed by atoms with Crippen molar-refractivity contribution in [3.05, 3.63) is 44.7 Å². The average Bonchev–Trinajstić information content (AvgIpc) is 2.35. The van der Waals surface area contributed by atoms with Gasteiger partial charge in [0.05, 0.1) is 6.61 Å². The van der Waals surface area contributed by atoms with Gasteiger partial charge in [0, 0.05) is 5.69 Å². The maximum atomic E-state index is 11.3. The zero-order chi connectivity index (χ0) is 12.4. The summed E-state index contributed by atoms with van der Waals surface area (Å²) in [5.41, 5.74) is -0.409. The van der Waals surface area contributed by atoms with Gasteiger partial charge in [-0.2, -0.15) is 0 Å². The van der Waals surface area contributed by atoms with Crippen molar-refractivity contribution in [3.8, 4) is 11.5 Å². The van der Waals surface area contributed by atoms with Gasteiger partial charge in [0.1, 0.15) is 11.4 Å². The van der Waals surface area contributed by atoms with Crippen LogP contribution in [0.15, 0.2) is 33.9 Å². The number of benzene rings is 1. The predicted octanol–water partition coefficient (Wildman–Crippen LogP) is 1.13. The molecule has 17 heavy (non-hydrogen) atoms. The molecule has 0 spiro atoms. The van der Waals surface area contributed by atoms with Crippen LogP contribution < -0.4 is 20.9 Å². The fourth-order valence-electron chi connectivity index (χ4n) is 1.46. The van der Waals surface area contributed by atoms with Crippen molar-refractivity contribution in [2.75, 3.05) is 11.9 Å². The molecule has 0 aliphatic rings. The molecule has 5 heteroatoms. The van der Waals surface area contributed by atoms with Gasteiger partial charge in [0.15, 0.2) is 5.75 Å². The lowest BCUT2D eigenvalue weighted by molar-refractivity contribution is 0.335. The first kappa shape index (κ1) is 11.2. The normalized spacial score (nSPS) is 10.4. The lowest BCUT2D eigenvalue weighted by atomic mass is 10.2. The van der Waals surface area contributed by atoms with Gasteiger partial charge in [-0.05, 0) is 31.2 Å². The minimum absolute atomic E-state index is 0.0746. The Hall–Kier alpha value is -2.30. The molecule has 2 rings (SSSR count). The van der Waals surface area contributed by atoms with E-state index in [1.807, 2.05) is 0 Å². The third kappa shape index (κ3) is 1.99. The maximum Gasteiger partial charge on any atom is 0.272 e. The Morgan fingerprint density at radius 2 is 1.82 bits per heavy atom. The van der Waals surface area contributed by atoms with Crippen molar-refractivity contribution in [2.45, 2.75) is 6.92 Å². The largest absolute Gasteiger partial charge is 0.508 e. The van der Waals surface area contributed by atoms with Crippen molar-refractivity contribution >= 4 is 11.4 Å². The highest BCUT2D eigenvalue weighted by molar-refractivity contribution is 5.70. The molecule has 2 aromatic carbocycles. The molecular formula is C12H11NO4. The summed E-state index contributed by atoms with van der Waals surface area (Å²) in [6.45, 7) is 2.07. The molecule has 0 unspecified atom stereocenters. The van der Waals surface area contributed by atoms with E-state index < -0.39 is 10.9 Å². The van der Waals surface area contributed by atoms with E-state index in [0.29, 0.717) is 12.3 Å². The Morgan fingerprint density at radius 3 is 2.41 bits per heavy atom. The van der Waals surface area contributed by atoms with Gasteiger partial charge < -0.3 is 15.2 Å². The zero-order valence-corrected chi connectivity index (χ0v) is 9.19. The van der Waals surface area contributed by atoms with E-state index in [1.54, 1.807) is 19.1 Å². The van der Waals surface area contributed by atoms with Crippen LogP contribution in [0.2, 0.25) is 0 Å². The molecule has 2 N–H and O–H groups in total. The number of phenols is 1. The van der Waals surface area contributed by atoms with Crippen molar-refractivity contribution in [3.63, 3.8) is 0 Å². The first-order valence-corrected chi connectivity index (χ1v) is 5.15. The van der Waals surface area contributed by atoms with Crippen molar-refractivity contribution in [2.24, 2.45) is 0 Å². The van der Waals surface area contributed by atoms with E-state index >= 15 is 0 Å². The first-order chi connectivity index (χ1) is 8.13. The van der Waals surface area contributed by atoms with Crippen molar-refractivity contribution < 1.29 is 9.84 Å². The van der Waals surface area contributed by atoms with Gasteiger partial charge in [0.2, 0.25) is 0 Å². The van der Waals surface area contributed by atoms with Gasteiger partial charge in [-0.1, -0.05) is 0 Å². The Labute approximate surface area is 97.0 Å². The molecule has 0 saturated carbocycles. The van der Waals surface area contributed by atoms with Crippen LogP contribution in [0.3, 0.4) is 0 Å². The summed E-state index contributed by atoms with van der Waals surface area (Å²) >= 11 is 0. The molecule has 2 aromatic rings. The second kappa shape index (κ2) is 4.29. The Morgan fingerprint density at radius 1 is 1.18 bits per heavy atom. The highest BCUT2D eigenvalue weighted by atomic mass is 16.5. The SMILES string of the molecule is CCOc1c(Nc2ccc(O)cc2)c(=O)c1=O. The molecule has 0 saturated heterocycles. The van der Waals surface area contributed by atoms with Gasteiger partial charge >= 0.3 is 0 Å². The maximum absolute atomic E-state index is 11.3. The van der Waals surface area contributed by atoms with E-state index in [4.69, 9.17) is 9.84 Å². The van der Waals surface area contributed by atoms with Gasteiger partial charge in [0.25, 0.3) is 10.9 Å². The van der Waals surface area contributed by atoms with Crippen LogP contribution in [-0.4, -0.2) is 11.7 Å². The summed E-state index contributed by atoms with van der Waals surface area (Å²) in [6.07, 6.45) is 0. The predicted molar refractivity (Wildman–Crippen MR) is 63.9 cm³/mol. The molecule has 88 valence electrons. The third-order valence-electron chi connectivity index (χ3n) is 2.29. The average molecular weight is 233 g/mol. The summed E-state index contributed by atoms with van der Waals surface area (Å²) in [4.78, 5) is 22.5. The van der Waals surface area contributed by atoms with Crippen LogP contribution >= 0.6 is 0 Å². The first-order valence-electron chi connectivity index (χ1n) is 5.15. The summed E-state index contributed by atoms with van der Waals surface area (Å²) in [5, 5.41) is 11.9. The summed E-state index contributed by atoms with van der Waals surface area (Å²) in [6, 6.07) is 6.16. The van der Waals surface area contributed by atoms with Crippen LogP contribution in [0.4, 0.5) is 11.4 Å². The highest BCUT2D eigenvalue weighted by Gasteiger charge is 2.22. The molecule has 0 aliphatic heterocycles. The highest BCUT2D eigenvalue weighted by Crippen LogP contribution is 2.23. The number of rotatable bonds is 4. The molecule has 0 atom stereocenters. The molecule has 0 fully saturated rings. The summed E-state index contributed by atoms with van der Waals surface area (Å²) in [7, 11) is 0. The number of phenolic OH excluding ortho intramolecular Hbond substituents is 1. The molecule has 0 aliphatic carbocycles. The molecule has 0 bridgehead atoms. The van der Waals surface area contributed by atoms with Crippen LogP contribution in [-0.2, 0) is 0 Å². The third-order valence-corrected chi connectivity index (χ3v) is 2.29. The van der Waals surface area contributed by atoms with Gasteiger partial charge in [-0.3, -0.25) is 9.59 Å². The second-order valence-electron chi connectivity index (χ2n) is 3.47. The smallest absolute Gasteiger partial charge is 0.272 e. The fraction of sp³-hybridized carbons (Fsp3) is 0.167. The zero-order valence-electron chi connectivity index (χ0n) is 9.19. The van der Waals surface area contributed by atoms with E-state index in [-0.39, 0.29) is 17.2 Å². The molecule has 0 radical (unpaired) electrons. The van der Waals surface area contributed by atoms with E-state index in [1.165, 1.54) is 12.1 Å². The summed E-state index contributed by atoms with van der Waals surface area (Å²) in [5.74, 6) is 0.205. The van der Waals surface area contributed by atoms with E-state index in [2.05, 4.69) is 5.32 Å². The van der Waals surface area contributed by atoms with Crippen LogP contribution in [0, 0.1) is 0 Å². The van der Waals surface area contributed by atoms with Crippen LogP contribution in [0.5, 0.6) is 11.5 Å². The Bertz CT molecular complexity index is 594. The minimum atomic E-state index is -0.604. The number of nitrogens with one attached hydrogen (secondary N) is 1. The second-order valence-corrected chi connectivity index (χ2v) is 3.47. The lowest BCUT2D eigenvalue weighted by Gasteiger charge is -2.12. The monoisotopic (exact) mass is 233 g/mol. The number of anilines is 2. The number of hydrogen-bond donors (Lipinski definition) is 2. The number of ether oxygens (including phenoxy) is 1. The molecular weight excluding hydrogens is 222 g/mol. The molecule has 0 aromatic heterocycles. The standard InChI is InChI=1S/C12H11NO4/c1-2-17-12-9(10(15)11(12)16)13-7-3-5-8(14)6-4-7/h3-6,13-14H,2H2,1H3. The number of hydrogen-bond acceptors (Lipinski definition) is 5. The topological polar surface area (TPSA) is 75.6 Å². The fourth-order valence-corrected chi connectivity index (χ4v) is 1.46. The number of aromatic hydroxyl groups is 1. The summed E-state index contributed by atoms with van der Waals surface area (Å²) < 4.78 is 5.07. The molecule has 5 nitrogen and oxygen atoms in total. The molecule has 0 heterocycles. The van der Waals surface area contributed by atoms with E-state index in [9.17, 15) is 9.59 Å².